The lowest BCUT2D eigenvalue weighted by Crippen LogP contribution is -2.34. The predicted octanol–water partition coefficient (Wildman–Crippen LogP) is 3.49. The van der Waals surface area contributed by atoms with Crippen molar-refractivity contribution < 1.29 is 13.2 Å². The minimum absolute atomic E-state index is 0.132. The monoisotopic (exact) mass is 517 g/mol. The number of benzene rings is 2. The van der Waals surface area contributed by atoms with Gasteiger partial charge in [0, 0.05) is 15.3 Å². The first-order chi connectivity index (χ1) is 12.7. The molecule has 1 atom stereocenters. The van der Waals surface area contributed by atoms with Crippen molar-refractivity contribution in [2.75, 3.05) is 5.32 Å². The van der Waals surface area contributed by atoms with Gasteiger partial charge in [0.05, 0.1) is 10.5 Å². The number of thiocarbonyl (C=S) groups is 1. The van der Waals surface area contributed by atoms with Gasteiger partial charge < -0.3 is 5.32 Å². The molecule has 1 unspecified atom stereocenters. The molecule has 0 spiro atoms. The molecule has 0 aliphatic heterocycles. The van der Waals surface area contributed by atoms with Crippen LogP contribution in [0.1, 0.15) is 30.6 Å². The highest BCUT2D eigenvalue weighted by atomic mass is 127. The van der Waals surface area contributed by atoms with Crippen LogP contribution in [-0.4, -0.2) is 25.5 Å². The summed E-state index contributed by atoms with van der Waals surface area (Å²) in [7, 11) is -3.56. The van der Waals surface area contributed by atoms with Crippen molar-refractivity contribution in [2.24, 2.45) is 0 Å². The molecule has 3 N–H and O–H groups in total. The molecule has 2 rings (SSSR count). The molecule has 0 aliphatic rings. The van der Waals surface area contributed by atoms with E-state index in [0.717, 1.165) is 3.57 Å². The Morgan fingerprint density at radius 1 is 1.15 bits per heavy atom. The van der Waals surface area contributed by atoms with Crippen molar-refractivity contribution in [2.45, 2.75) is 31.2 Å². The standard InChI is InChI=1S/C18H20IN3O3S2/c1-3-12(2)22-27(24,25)14-10-8-13(9-11-14)20-18(26)21-17(23)15-6-4-5-7-16(15)19/h4-12,22H,3H2,1-2H3,(H2,20,21,23,26). The molecule has 2 aromatic carbocycles. The minimum atomic E-state index is -3.56. The molecule has 27 heavy (non-hydrogen) atoms. The lowest BCUT2D eigenvalue weighted by molar-refractivity contribution is 0.0977. The van der Waals surface area contributed by atoms with Gasteiger partial charge in [0.2, 0.25) is 10.0 Å². The molecule has 0 aromatic heterocycles. The highest BCUT2D eigenvalue weighted by Crippen LogP contribution is 2.15. The van der Waals surface area contributed by atoms with Crippen molar-refractivity contribution in [3.8, 4) is 0 Å². The van der Waals surface area contributed by atoms with Gasteiger partial charge in [-0.25, -0.2) is 13.1 Å². The maximum atomic E-state index is 12.3. The lowest BCUT2D eigenvalue weighted by atomic mass is 10.2. The van der Waals surface area contributed by atoms with Crippen LogP contribution in [0.15, 0.2) is 53.4 Å². The van der Waals surface area contributed by atoms with E-state index in [1.807, 2.05) is 26.0 Å². The molecular weight excluding hydrogens is 497 g/mol. The first kappa shape index (κ1) is 21.7. The lowest BCUT2D eigenvalue weighted by Gasteiger charge is -2.13. The third-order valence-electron chi connectivity index (χ3n) is 3.74. The van der Waals surface area contributed by atoms with E-state index in [1.54, 1.807) is 24.3 Å². The molecule has 0 fully saturated rings. The maximum Gasteiger partial charge on any atom is 0.258 e. The second-order valence-corrected chi connectivity index (χ2v) is 9.13. The van der Waals surface area contributed by atoms with Crippen LogP contribution in [-0.2, 0) is 10.0 Å². The van der Waals surface area contributed by atoms with Crippen LogP contribution in [0, 0.1) is 3.57 Å². The molecule has 1 amide bonds. The second-order valence-electron chi connectivity index (χ2n) is 5.84. The Hall–Kier alpha value is -1.56. The minimum Gasteiger partial charge on any atom is -0.332 e. The number of carbonyl (C=O) groups is 1. The van der Waals surface area contributed by atoms with E-state index in [-0.39, 0.29) is 22.0 Å². The van der Waals surface area contributed by atoms with Gasteiger partial charge in [0.1, 0.15) is 0 Å². The molecule has 0 heterocycles. The Kier molecular flexibility index (Phi) is 7.71. The van der Waals surface area contributed by atoms with Crippen molar-refractivity contribution in [1.82, 2.24) is 10.0 Å². The van der Waals surface area contributed by atoms with E-state index < -0.39 is 10.0 Å². The van der Waals surface area contributed by atoms with Gasteiger partial charge in [-0.15, -0.1) is 0 Å². The average Bonchev–Trinajstić information content (AvgIpc) is 2.61. The van der Waals surface area contributed by atoms with Crippen molar-refractivity contribution >= 4 is 61.5 Å². The zero-order chi connectivity index (χ0) is 20.0. The fourth-order valence-electron chi connectivity index (χ4n) is 2.11. The van der Waals surface area contributed by atoms with Crippen LogP contribution in [0.4, 0.5) is 5.69 Å². The van der Waals surface area contributed by atoms with Gasteiger partial charge in [-0.2, -0.15) is 0 Å². The molecule has 2 aromatic rings. The van der Waals surface area contributed by atoms with Gasteiger partial charge in [0.15, 0.2) is 5.11 Å². The number of sulfonamides is 1. The molecule has 6 nitrogen and oxygen atoms in total. The van der Waals surface area contributed by atoms with E-state index in [2.05, 4.69) is 37.9 Å². The van der Waals surface area contributed by atoms with Crippen molar-refractivity contribution in [3.05, 3.63) is 57.7 Å². The zero-order valence-electron chi connectivity index (χ0n) is 14.8. The molecule has 0 radical (unpaired) electrons. The van der Waals surface area contributed by atoms with E-state index in [1.165, 1.54) is 12.1 Å². The zero-order valence-corrected chi connectivity index (χ0v) is 18.6. The van der Waals surface area contributed by atoms with Crippen LogP contribution in [0.25, 0.3) is 0 Å². The Labute approximate surface area is 178 Å². The number of nitrogens with one attached hydrogen (secondary N) is 3. The number of rotatable bonds is 6. The third kappa shape index (κ3) is 6.23. The Bertz CT molecular complexity index is 931. The Morgan fingerprint density at radius 3 is 2.37 bits per heavy atom. The summed E-state index contributed by atoms with van der Waals surface area (Å²) in [5, 5.41) is 5.62. The number of anilines is 1. The summed E-state index contributed by atoms with van der Waals surface area (Å²) in [5.74, 6) is -0.311. The highest BCUT2D eigenvalue weighted by Gasteiger charge is 2.16. The number of carbonyl (C=O) groups excluding carboxylic acids is 1. The maximum absolute atomic E-state index is 12.3. The summed E-state index contributed by atoms with van der Waals surface area (Å²) in [4.78, 5) is 12.4. The summed E-state index contributed by atoms with van der Waals surface area (Å²) in [5.41, 5.74) is 1.10. The molecule has 0 bridgehead atoms. The quantitative estimate of drug-likeness (QED) is 0.404. The van der Waals surface area contributed by atoms with Gasteiger partial charge in [0.25, 0.3) is 5.91 Å². The normalized spacial score (nSPS) is 12.3. The summed E-state index contributed by atoms with van der Waals surface area (Å²) < 4.78 is 27.9. The topological polar surface area (TPSA) is 87.3 Å². The molecule has 144 valence electrons. The van der Waals surface area contributed by atoms with Gasteiger partial charge in [-0.05, 0) is 84.6 Å². The fourth-order valence-corrected chi connectivity index (χ4v) is 4.28. The fraction of sp³-hybridized carbons (Fsp3) is 0.222. The molecule has 0 saturated heterocycles. The number of halogens is 1. The van der Waals surface area contributed by atoms with E-state index in [9.17, 15) is 13.2 Å². The van der Waals surface area contributed by atoms with Crippen molar-refractivity contribution in [3.63, 3.8) is 0 Å². The van der Waals surface area contributed by atoms with Crippen molar-refractivity contribution in [1.29, 1.82) is 0 Å². The molecule has 0 saturated carbocycles. The second kappa shape index (κ2) is 9.58. The molecular formula is C18H20IN3O3S2. The smallest absolute Gasteiger partial charge is 0.258 e. The van der Waals surface area contributed by atoms with Crippen LogP contribution in [0.2, 0.25) is 0 Å². The SMILES string of the molecule is CCC(C)NS(=O)(=O)c1ccc(NC(=S)NC(=O)c2ccccc2I)cc1. The first-order valence-electron chi connectivity index (χ1n) is 8.22. The summed E-state index contributed by atoms with van der Waals surface area (Å²) >= 11 is 7.24. The Morgan fingerprint density at radius 2 is 1.78 bits per heavy atom. The van der Waals surface area contributed by atoms with Crippen LogP contribution in [0.3, 0.4) is 0 Å². The van der Waals surface area contributed by atoms with E-state index >= 15 is 0 Å². The van der Waals surface area contributed by atoms with Crippen LogP contribution in [0.5, 0.6) is 0 Å². The molecule has 9 heteroatoms. The third-order valence-corrected chi connectivity index (χ3v) is 6.49. The number of amides is 1. The van der Waals surface area contributed by atoms with Crippen LogP contribution >= 0.6 is 34.8 Å². The van der Waals surface area contributed by atoms with E-state index in [4.69, 9.17) is 12.2 Å². The number of hydrogen-bond acceptors (Lipinski definition) is 4. The van der Waals surface area contributed by atoms with E-state index in [0.29, 0.717) is 17.7 Å². The molecule has 0 aliphatic carbocycles. The summed E-state index contributed by atoms with van der Waals surface area (Å²) in [6.45, 7) is 3.72. The van der Waals surface area contributed by atoms with Crippen LogP contribution < -0.4 is 15.4 Å². The highest BCUT2D eigenvalue weighted by molar-refractivity contribution is 14.1. The predicted molar refractivity (Wildman–Crippen MR) is 119 cm³/mol. The van der Waals surface area contributed by atoms with Gasteiger partial charge in [-0.3, -0.25) is 10.1 Å². The largest absolute Gasteiger partial charge is 0.332 e. The summed E-state index contributed by atoms with van der Waals surface area (Å²) in [6.07, 6.45) is 0.702. The van der Waals surface area contributed by atoms with Gasteiger partial charge >= 0.3 is 0 Å². The number of hydrogen-bond donors (Lipinski definition) is 3. The summed E-state index contributed by atoms with van der Waals surface area (Å²) in [6, 6.07) is 13.2. The first-order valence-corrected chi connectivity index (χ1v) is 11.2. The Balaban J connectivity index is 2.01. The van der Waals surface area contributed by atoms with Gasteiger partial charge in [-0.1, -0.05) is 19.1 Å². The average molecular weight is 517 g/mol.